The third kappa shape index (κ3) is 4.72. The Morgan fingerprint density at radius 2 is 1.88 bits per heavy atom. The zero-order valence-electron chi connectivity index (χ0n) is 15.1. The summed E-state index contributed by atoms with van der Waals surface area (Å²) in [6.07, 6.45) is 3.74. The van der Waals surface area contributed by atoms with Gasteiger partial charge in [-0.1, -0.05) is 30.3 Å². The highest BCUT2D eigenvalue weighted by molar-refractivity contribution is 5.94. The second-order valence-corrected chi connectivity index (χ2v) is 6.30. The van der Waals surface area contributed by atoms with Gasteiger partial charge in [-0.2, -0.15) is 0 Å². The summed E-state index contributed by atoms with van der Waals surface area (Å²) < 4.78 is 7.74. The fourth-order valence-electron chi connectivity index (χ4n) is 2.62. The van der Waals surface area contributed by atoms with Crippen molar-refractivity contribution in [3.63, 3.8) is 0 Å². The Kier molecular flexibility index (Phi) is 5.69. The molecule has 0 bridgehead atoms. The van der Waals surface area contributed by atoms with Gasteiger partial charge in [-0.15, -0.1) is 0 Å². The van der Waals surface area contributed by atoms with Gasteiger partial charge in [0, 0.05) is 24.5 Å². The monoisotopic (exact) mass is 349 g/mol. The summed E-state index contributed by atoms with van der Waals surface area (Å²) in [6.45, 7) is 5.07. The van der Waals surface area contributed by atoms with Crippen LogP contribution >= 0.6 is 0 Å². The number of amides is 1. The van der Waals surface area contributed by atoms with Crippen molar-refractivity contribution >= 4 is 5.91 Å². The molecule has 134 valence electrons. The number of benzene rings is 2. The lowest BCUT2D eigenvalue weighted by atomic mass is 10.1. The van der Waals surface area contributed by atoms with Crippen LogP contribution in [0.4, 0.5) is 0 Å². The van der Waals surface area contributed by atoms with Crippen LogP contribution in [-0.4, -0.2) is 28.1 Å². The van der Waals surface area contributed by atoms with E-state index in [0.29, 0.717) is 12.2 Å². The van der Waals surface area contributed by atoms with E-state index in [-0.39, 0.29) is 11.9 Å². The highest BCUT2D eigenvalue weighted by Gasteiger charge is 2.10. The number of para-hydroxylation sites is 1. The summed E-state index contributed by atoms with van der Waals surface area (Å²) in [5, 5.41) is 2.96. The molecule has 26 heavy (non-hydrogen) atoms. The number of nitrogens with one attached hydrogen (secondary N) is 1. The number of ether oxygens (including phenoxy) is 1. The predicted octanol–water partition coefficient (Wildman–Crippen LogP) is 3.44. The lowest BCUT2D eigenvalue weighted by Crippen LogP contribution is -2.36. The number of imidazole rings is 1. The molecule has 5 nitrogen and oxygen atoms in total. The normalized spacial score (nSPS) is 11.8. The van der Waals surface area contributed by atoms with Crippen LogP contribution in [0.1, 0.15) is 28.7 Å². The molecule has 3 aromatic rings. The molecule has 1 amide bonds. The number of nitrogens with zero attached hydrogens (tertiary/aromatic N) is 2. The first kappa shape index (κ1) is 17.7. The Hall–Kier alpha value is -3.08. The third-order valence-electron chi connectivity index (χ3n) is 4.11. The third-order valence-corrected chi connectivity index (χ3v) is 4.11. The lowest BCUT2D eigenvalue weighted by Gasteiger charge is -2.15. The molecule has 3 rings (SSSR count). The predicted molar refractivity (Wildman–Crippen MR) is 101 cm³/mol. The number of carbonyl (C=O) groups is 1. The van der Waals surface area contributed by atoms with Gasteiger partial charge in [-0.05, 0) is 43.7 Å². The molecule has 2 aromatic carbocycles. The van der Waals surface area contributed by atoms with Crippen LogP contribution in [0, 0.1) is 6.92 Å². The average Bonchev–Trinajstić information content (AvgIpc) is 3.06. The van der Waals surface area contributed by atoms with E-state index in [1.54, 1.807) is 6.20 Å². The van der Waals surface area contributed by atoms with Crippen LogP contribution in [-0.2, 0) is 6.54 Å². The van der Waals surface area contributed by atoms with Crippen LogP contribution in [0.5, 0.6) is 5.75 Å². The minimum Gasteiger partial charge on any atom is -0.491 e. The first-order valence-corrected chi connectivity index (χ1v) is 8.67. The fraction of sp³-hybridized carbons (Fsp3) is 0.238. The molecule has 1 atom stereocenters. The quantitative estimate of drug-likeness (QED) is 0.711. The van der Waals surface area contributed by atoms with Crippen molar-refractivity contribution in [2.24, 2.45) is 0 Å². The molecular weight excluding hydrogens is 326 g/mol. The van der Waals surface area contributed by atoms with Crippen molar-refractivity contribution < 1.29 is 9.53 Å². The first-order chi connectivity index (χ1) is 12.6. The van der Waals surface area contributed by atoms with E-state index < -0.39 is 0 Å². The standard InChI is InChI=1S/C21H23N3O2/c1-16(15-26-20-6-4-3-5-7-20)23-21(25)19-10-8-18(9-11-19)14-24-13-12-22-17(24)2/h3-13,16H,14-15H2,1-2H3,(H,23,25). The van der Waals surface area contributed by atoms with Gasteiger partial charge in [0.15, 0.2) is 0 Å². The second kappa shape index (κ2) is 8.34. The van der Waals surface area contributed by atoms with Crippen molar-refractivity contribution in [1.82, 2.24) is 14.9 Å². The zero-order valence-corrected chi connectivity index (χ0v) is 15.1. The van der Waals surface area contributed by atoms with Crippen LogP contribution in [0.2, 0.25) is 0 Å². The molecule has 0 saturated heterocycles. The van der Waals surface area contributed by atoms with E-state index in [2.05, 4.69) is 14.9 Å². The maximum Gasteiger partial charge on any atom is 0.251 e. The molecule has 5 heteroatoms. The van der Waals surface area contributed by atoms with Crippen molar-refractivity contribution in [3.8, 4) is 5.75 Å². The topological polar surface area (TPSA) is 56.2 Å². The molecule has 1 N–H and O–H groups in total. The molecule has 1 unspecified atom stereocenters. The van der Waals surface area contributed by atoms with Gasteiger partial charge in [0.05, 0.1) is 6.04 Å². The minimum absolute atomic E-state index is 0.0871. The van der Waals surface area contributed by atoms with Crippen LogP contribution in [0.15, 0.2) is 67.0 Å². The minimum atomic E-state index is -0.0977. The van der Waals surface area contributed by atoms with E-state index in [0.717, 1.165) is 23.7 Å². The van der Waals surface area contributed by atoms with E-state index in [4.69, 9.17) is 4.74 Å². The Balaban J connectivity index is 1.52. The molecular formula is C21H23N3O2. The van der Waals surface area contributed by atoms with E-state index in [1.807, 2.05) is 74.6 Å². The summed E-state index contributed by atoms with van der Waals surface area (Å²) in [6, 6.07) is 17.1. The van der Waals surface area contributed by atoms with Gasteiger partial charge >= 0.3 is 0 Å². The second-order valence-electron chi connectivity index (χ2n) is 6.30. The van der Waals surface area contributed by atoms with Gasteiger partial charge in [0.2, 0.25) is 0 Å². The van der Waals surface area contributed by atoms with Crippen LogP contribution < -0.4 is 10.1 Å². The molecule has 1 heterocycles. The summed E-state index contributed by atoms with van der Waals surface area (Å²) in [5.74, 6) is 1.67. The maximum absolute atomic E-state index is 12.4. The zero-order chi connectivity index (χ0) is 18.4. The molecule has 0 spiro atoms. The smallest absolute Gasteiger partial charge is 0.251 e. The number of rotatable bonds is 7. The van der Waals surface area contributed by atoms with E-state index in [9.17, 15) is 4.79 Å². The van der Waals surface area contributed by atoms with E-state index >= 15 is 0 Å². The largest absolute Gasteiger partial charge is 0.491 e. The Morgan fingerprint density at radius 1 is 1.15 bits per heavy atom. The number of aryl methyl sites for hydroxylation is 1. The molecule has 0 radical (unpaired) electrons. The Bertz CT molecular complexity index is 841. The highest BCUT2D eigenvalue weighted by atomic mass is 16.5. The molecule has 0 aliphatic carbocycles. The van der Waals surface area contributed by atoms with Gasteiger partial charge in [0.1, 0.15) is 18.2 Å². The number of carbonyl (C=O) groups excluding carboxylic acids is 1. The van der Waals surface area contributed by atoms with Gasteiger partial charge in [0.25, 0.3) is 5.91 Å². The highest BCUT2D eigenvalue weighted by Crippen LogP contribution is 2.10. The Labute approximate surface area is 153 Å². The summed E-state index contributed by atoms with van der Waals surface area (Å²) >= 11 is 0. The van der Waals surface area contributed by atoms with Gasteiger partial charge < -0.3 is 14.6 Å². The number of hydrogen-bond acceptors (Lipinski definition) is 3. The van der Waals surface area contributed by atoms with Gasteiger partial charge in [-0.25, -0.2) is 4.98 Å². The van der Waals surface area contributed by atoms with Gasteiger partial charge in [-0.3, -0.25) is 4.79 Å². The molecule has 0 fully saturated rings. The fourth-order valence-corrected chi connectivity index (χ4v) is 2.62. The van der Waals surface area contributed by atoms with Crippen molar-refractivity contribution in [2.45, 2.75) is 26.4 Å². The molecule has 0 saturated carbocycles. The molecule has 0 aliphatic heterocycles. The summed E-state index contributed by atoms with van der Waals surface area (Å²) in [4.78, 5) is 16.6. The number of aromatic nitrogens is 2. The lowest BCUT2D eigenvalue weighted by molar-refractivity contribution is 0.0926. The van der Waals surface area contributed by atoms with Crippen LogP contribution in [0.25, 0.3) is 0 Å². The molecule has 0 aliphatic rings. The van der Waals surface area contributed by atoms with Crippen molar-refractivity contribution in [3.05, 3.63) is 83.9 Å². The SMILES string of the molecule is Cc1nccn1Cc1ccc(C(=O)NC(C)COc2ccccc2)cc1. The average molecular weight is 349 g/mol. The summed E-state index contributed by atoms with van der Waals surface area (Å²) in [7, 11) is 0. The summed E-state index contributed by atoms with van der Waals surface area (Å²) in [5.41, 5.74) is 1.77. The van der Waals surface area contributed by atoms with Crippen LogP contribution in [0.3, 0.4) is 0 Å². The molecule has 1 aromatic heterocycles. The van der Waals surface area contributed by atoms with E-state index in [1.165, 1.54) is 0 Å². The number of hydrogen-bond donors (Lipinski definition) is 1. The van der Waals surface area contributed by atoms with Crippen molar-refractivity contribution in [1.29, 1.82) is 0 Å². The maximum atomic E-state index is 12.4. The first-order valence-electron chi connectivity index (χ1n) is 8.67. The van der Waals surface area contributed by atoms with Crippen molar-refractivity contribution in [2.75, 3.05) is 6.61 Å². The Morgan fingerprint density at radius 3 is 2.54 bits per heavy atom.